The number of rotatable bonds is 1. The van der Waals surface area contributed by atoms with E-state index in [1.807, 2.05) is 25.1 Å². The minimum absolute atomic E-state index is 0.528. The van der Waals surface area contributed by atoms with E-state index < -0.39 is 0 Å². The molecule has 1 N–H and O–H groups in total. The second-order valence-corrected chi connectivity index (χ2v) is 5.00. The van der Waals surface area contributed by atoms with Crippen LogP contribution in [0.4, 0.5) is 0 Å². The normalized spacial score (nSPS) is 11.1. The van der Waals surface area contributed by atoms with E-state index in [-0.39, 0.29) is 0 Å². The number of fused-ring (bicyclic) bond motifs is 1. The summed E-state index contributed by atoms with van der Waals surface area (Å²) >= 11 is 9.46. The van der Waals surface area contributed by atoms with Crippen molar-refractivity contribution < 1.29 is 0 Å². The Kier molecular flexibility index (Phi) is 2.80. The zero-order valence-corrected chi connectivity index (χ0v) is 11.7. The van der Waals surface area contributed by atoms with E-state index >= 15 is 0 Å². The third-order valence-electron chi connectivity index (χ3n) is 2.62. The summed E-state index contributed by atoms with van der Waals surface area (Å²) in [6, 6.07) is 5.64. The summed E-state index contributed by atoms with van der Waals surface area (Å²) in [5, 5.41) is 1.43. The number of nitrogens with zero attached hydrogens (tertiary/aromatic N) is 3. The molecule has 0 spiro atoms. The number of hydrogen-bond acceptors (Lipinski definition) is 3. The summed E-state index contributed by atoms with van der Waals surface area (Å²) in [6.07, 6.45) is 1.72. The van der Waals surface area contributed by atoms with E-state index in [2.05, 4.69) is 35.9 Å². The molecule has 3 rings (SSSR count). The molecular weight excluding hydrogens is 316 g/mol. The molecule has 0 radical (unpaired) electrons. The van der Waals surface area contributed by atoms with Crippen molar-refractivity contribution in [3.8, 4) is 11.5 Å². The van der Waals surface area contributed by atoms with Crippen molar-refractivity contribution >= 4 is 38.6 Å². The molecule has 0 saturated heterocycles. The largest absolute Gasteiger partial charge is 0.329 e. The third-order valence-corrected chi connectivity index (χ3v) is 3.93. The van der Waals surface area contributed by atoms with Gasteiger partial charge in [-0.15, -0.1) is 0 Å². The van der Waals surface area contributed by atoms with Crippen LogP contribution in [-0.2, 0) is 0 Å². The number of H-pyrrole nitrogens is 1. The summed E-state index contributed by atoms with van der Waals surface area (Å²) in [6.45, 7) is 1.92. The number of halogens is 2. The lowest BCUT2D eigenvalue weighted by atomic mass is 10.3. The maximum absolute atomic E-state index is 6.04. The lowest BCUT2D eigenvalue weighted by Crippen LogP contribution is -1.94. The minimum atomic E-state index is 0.528. The van der Waals surface area contributed by atoms with Gasteiger partial charge in [-0.1, -0.05) is 17.7 Å². The Bertz CT molecular complexity index is 724. The molecule has 18 heavy (non-hydrogen) atoms. The summed E-state index contributed by atoms with van der Waals surface area (Å²) in [5.74, 6) is 0.589. The fraction of sp³-hybridized carbons (Fsp3) is 0.0833. The number of nitrogens with one attached hydrogen (secondary N) is 1. The van der Waals surface area contributed by atoms with Crippen molar-refractivity contribution in [1.82, 2.24) is 19.9 Å². The molecule has 3 aromatic heterocycles. The molecule has 3 aromatic rings. The van der Waals surface area contributed by atoms with Gasteiger partial charge in [0.15, 0.2) is 5.82 Å². The van der Waals surface area contributed by atoms with Gasteiger partial charge < -0.3 is 4.98 Å². The highest BCUT2D eigenvalue weighted by molar-refractivity contribution is 9.10. The lowest BCUT2D eigenvalue weighted by molar-refractivity contribution is 1.12. The standard InChI is InChI=1S/C12H8BrClN4/c1-6-8-9(13)10(14)17-12(8)18-11(16-6)7-4-2-3-5-15-7/h2-5H,1H3,(H,16,17,18). The van der Waals surface area contributed by atoms with Crippen LogP contribution in [0.1, 0.15) is 5.69 Å². The predicted molar refractivity (Wildman–Crippen MR) is 74.6 cm³/mol. The van der Waals surface area contributed by atoms with E-state index in [9.17, 15) is 0 Å². The van der Waals surface area contributed by atoms with Gasteiger partial charge in [0.05, 0.1) is 15.6 Å². The molecule has 4 nitrogen and oxygen atoms in total. The number of hydrogen-bond donors (Lipinski definition) is 1. The maximum Gasteiger partial charge on any atom is 0.180 e. The van der Waals surface area contributed by atoms with Crippen molar-refractivity contribution in [2.75, 3.05) is 0 Å². The van der Waals surface area contributed by atoms with Crippen molar-refractivity contribution in [2.45, 2.75) is 6.92 Å². The van der Waals surface area contributed by atoms with Crippen LogP contribution in [0.25, 0.3) is 22.6 Å². The van der Waals surface area contributed by atoms with Gasteiger partial charge >= 0.3 is 0 Å². The monoisotopic (exact) mass is 322 g/mol. The van der Waals surface area contributed by atoms with E-state index in [0.717, 1.165) is 21.2 Å². The van der Waals surface area contributed by atoms with Gasteiger partial charge in [-0.05, 0) is 35.0 Å². The van der Waals surface area contributed by atoms with Crippen LogP contribution in [-0.4, -0.2) is 19.9 Å². The summed E-state index contributed by atoms with van der Waals surface area (Å²) < 4.78 is 0.796. The van der Waals surface area contributed by atoms with Crippen LogP contribution < -0.4 is 0 Å². The van der Waals surface area contributed by atoms with Gasteiger partial charge in [-0.25, -0.2) is 9.97 Å². The first-order chi connectivity index (χ1) is 8.66. The smallest absolute Gasteiger partial charge is 0.180 e. The molecule has 0 atom stereocenters. The zero-order chi connectivity index (χ0) is 12.7. The molecule has 0 aliphatic heterocycles. The van der Waals surface area contributed by atoms with Crippen LogP contribution in [0.2, 0.25) is 5.15 Å². The number of aromatic nitrogens is 4. The van der Waals surface area contributed by atoms with Crippen LogP contribution in [0, 0.1) is 6.92 Å². The van der Waals surface area contributed by atoms with E-state index in [4.69, 9.17) is 11.6 Å². The average Bonchev–Trinajstić information content (AvgIpc) is 2.66. The summed E-state index contributed by atoms with van der Waals surface area (Å²) in [7, 11) is 0. The Morgan fingerprint density at radius 1 is 1.28 bits per heavy atom. The quantitative estimate of drug-likeness (QED) is 0.742. The highest BCUT2D eigenvalue weighted by Crippen LogP contribution is 2.32. The van der Waals surface area contributed by atoms with Crippen molar-refractivity contribution in [1.29, 1.82) is 0 Å². The van der Waals surface area contributed by atoms with Crippen molar-refractivity contribution in [3.63, 3.8) is 0 Å². The fourth-order valence-electron chi connectivity index (χ4n) is 1.80. The molecular formula is C12H8BrClN4. The molecule has 0 fully saturated rings. The minimum Gasteiger partial charge on any atom is -0.329 e. The number of aromatic amines is 1. The first-order valence-electron chi connectivity index (χ1n) is 5.29. The molecule has 0 aromatic carbocycles. The Morgan fingerprint density at radius 3 is 2.83 bits per heavy atom. The average molecular weight is 324 g/mol. The Labute approximate surface area is 117 Å². The van der Waals surface area contributed by atoms with Crippen molar-refractivity contribution in [2.24, 2.45) is 0 Å². The van der Waals surface area contributed by atoms with E-state index in [0.29, 0.717) is 16.6 Å². The highest BCUT2D eigenvalue weighted by Gasteiger charge is 2.14. The molecule has 0 aliphatic carbocycles. The van der Waals surface area contributed by atoms with Crippen LogP contribution in [0.15, 0.2) is 28.9 Å². The van der Waals surface area contributed by atoms with Crippen LogP contribution in [0.3, 0.4) is 0 Å². The predicted octanol–water partition coefficient (Wildman–Crippen LogP) is 3.74. The van der Waals surface area contributed by atoms with Gasteiger partial charge in [-0.3, -0.25) is 4.98 Å². The Balaban J connectivity index is 2.28. The number of pyridine rings is 1. The van der Waals surface area contributed by atoms with Gasteiger partial charge in [0.2, 0.25) is 0 Å². The molecule has 90 valence electrons. The first-order valence-corrected chi connectivity index (χ1v) is 6.46. The van der Waals surface area contributed by atoms with Gasteiger partial charge in [0.25, 0.3) is 0 Å². The number of aryl methyl sites for hydroxylation is 1. The van der Waals surface area contributed by atoms with Gasteiger partial charge in [-0.2, -0.15) is 0 Å². The maximum atomic E-state index is 6.04. The highest BCUT2D eigenvalue weighted by atomic mass is 79.9. The molecule has 0 saturated carbocycles. The second kappa shape index (κ2) is 4.33. The summed E-state index contributed by atoms with van der Waals surface area (Å²) in [4.78, 5) is 16.2. The SMILES string of the molecule is Cc1nc(-c2ccccn2)nc2[nH]c(Cl)c(Br)c12. The molecule has 0 aliphatic rings. The molecule has 0 amide bonds. The van der Waals surface area contributed by atoms with Crippen LogP contribution >= 0.6 is 27.5 Å². The van der Waals surface area contributed by atoms with E-state index in [1.165, 1.54) is 0 Å². The molecule has 0 bridgehead atoms. The second-order valence-electron chi connectivity index (χ2n) is 3.82. The van der Waals surface area contributed by atoms with E-state index in [1.54, 1.807) is 6.20 Å². The first kappa shape index (κ1) is 11.6. The van der Waals surface area contributed by atoms with Crippen LogP contribution in [0.5, 0.6) is 0 Å². The van der Waals surface area contributed by atoms with Crippen molar-refractivity contribution in [3.05, 3.63) is 39.7 Å². The third kappa shape index (κ3) is 1.79. The lowest BCUT2D eigenvalue weighted by Gasteiger charge is -2.01. The zero-order valence-electron chi connectivity index (χ0n) is 9.41. The van der Waals surface area contributed by atoms with Gasteiger partial charge in [0.1, 0.15) is 16.5 Å². The summed E-state index contributed by atoms with van der Waals surface area (Å²) in [5.41, 5.74) is 2.31. The topological polar surface area (TPSA) is 54.5 Å². The fourth-order valence-corrected chi connectivity index (χ4v) is 2.56. The molecule has 6 heteroatoms. The molecule has 0 unspecified atom stereocenters. The molecule has 3 heterocycles. The van der Waals surface area contributed by atoms with Gasteiger partial charge in [0, 0.05) is 6.20 Å². The Hall–Kier alpha value is -1.46. The Morgan fingerprint density at radius 2 is 2.11 bits per heavy atom.